The molecule has 2 heterocycles. The van der Waals surface area contributed by atoms with E-state index in [1.165, 1.54) is 24.3 Å². The van der Waals surface area contributed by atoms with Crippen LogP contribution in [0.25, 0.3) is 10.9 Å². The van der Waals surface area contributed by atoms with Gasteiger partial charge in [-0.05, 0) is 53.4 Å². The Morgan fingerprint density at radius 3 is 2.39 bits per heavy atom. The topological polar surface area (TPSA) is 71.9 Å². The van der Waals surface area contributed by atoms with Gasteiger partial charge in [-0.2, -0.15) is 0 Å². The predicted octanol–water partition coefficient (Wildman–Crippen LogP) is 5.24. The van der Waals surface area contributed by atoms with Crippen molar-refractivity contribution in [1.29, 1.82) is 0 Å². The number of benzene rings is 3. The van der Waals surface area contributed by atoms with E-state index in [-0.39, 0.29) is 35.6 Å². The third-order valence-corrected chi connectivity index (χ3v) is 5.87. The quantitative estimate of drug-likeness (QED) is 0.299. The SMILES string of the molecule is O=C(NCCc1c[nH]c2ccccc12)c1cn(Cc2ccc(F)cc2)nc1OCc1ccc(F)cc1. The van der Waals surface area contributed by atoms with Gasteiger partial charge in [-0.3, -0.25) is 9.48 Å². The van der Waals surface area contributed by atoms with Gasteiger partial charge in [-0.25, -0.2) is 8.78 Å². The molecule has 0 atom stereocenters. The largest absolute Gasteiger partial charge is 0.471 e. The standard InChI is InChI=1S/C28H24F2N4O2/c29-22-9-5-19(6-10-22)16-34-17-25(28(33-34)36-18-20-7-11-23(30)12-8-20)27(35)31-14-13-21-15-32-26-4-2-1-3-24(21)26/h1-12,15,17,32H,13-14,16,18H2,(H,31,35). The van der Waals surface area contributed by atoms with E-state index in [9.17, 15) is 13.6 Å². The molecule has 36 heavy (non-hydrogen) atoms. The molecule has 2 aromatic heterocycles. The van der Waals surface area contributed by atoms with Crippen LogP contribution in [-0.4, -0.2) is 27.2 Å². The van der Waals surface area contributed by atoms with Crippen molar-refractivity contribution in [2.24, 2.45) is 0 Å². The van der Waals surface area contributed by atoms with Crippen LogP contribution in [0.1, 0.15) is 27.0 Å². The van der Waals surface area contributed by atoms with Crippen LogP contribution in [0.5, 0.6) is 5.88 Å². The average Bonchev–Trinajstić information content (AvgIpc) is 3.49. The molecule has 182 valence electrons. The van der Waals surface area contributed by atoms with Gasteiger partial charge in [0.05, 0.1) is 6.54 Å². The minimum atomic E-state index is -0.336. The van der Waals surface area contributed by atoms with Crippen molar-refractivity contribution >= 4 is 16.8 Å². The molecule has 8 heteroatoms. The second-order valence-electron chi connectivity index (χ2n) is 8.45. The summed E-state index contributed by atoms with van der Waals surface area (Å²) in [7, 11) is 0. The summed E-state index contributed by atoms with van der Waals surface area (Å²) in [5.74, 6) is -0.796. The van der Waals surface area contributed by atoms with E-state index >= 15 is 0 Å². The van der Waals surface area contributed by atoms with E-state index in [4.69, 9.17) is 4.74 Å². The lowest BCUT2D eigenvalue weighted by atomic mass is 10.1. The van der Waals surface area contributed by atoms with Crippen LogP contribution in [0.3, 0.4) is 0 Å². The second-order valence-corrected chi connectivity index (χ2v) is 8.45. The summed E-state index contributed by atoms with van der Waals surface area (Å²) in [5, 5.41) is 8.52. The number of halogens is 2. The molecule has 0 aliphatic rings. The molecule has 0 unspecified atom stereocenters. The van der Waals surface area contributed by atoms with Gasteiger partial charge in [0.2, 0.25) is 5.88 Å². The van der Waals surface area contributed by atoms with Crippen LogP contribution in [-0.2, 0) is 19.6 Å². The second kappa shape index (κ2) is 10.4. The van der Waals surface area contributed by atoms with Crippen LogP contribution in [0.4, 0.5) is 8.78 Å². The lowest BCUT2D eigenvalue weighted by Crippen LogP contribution is -2.25. The Bertz CT molecular complexity index is 1470. The summed E-state index contributed by atoms with van der Waals surface area (Å²) in [6, 6.07) is 20.0. The van der Waals surface area contributed by atoms with E-state index < -0.39 is 0 Å². The van der Waals surface area contributed by atoms with E-state index in [0.717, 1.165) is 27.6 Å². The smallest absolute Gasteiger partial charge is 0.258 e. The predicted molar refractivity (Wildman–Crippen MR) is 133 cm³/mol. The highest BCUT2D eigenvalue weighted by atomic mass is 19.1. The zero-order valence-electron chi connectivity index (χ0n) is 19.4. The van der Waals surface area contributed by atoms with Gasteiger partial charge in [-0.15, -0.1) is 5.10 Å². The molecule has 1 amide bonds. The van der Waals surface area contributed by atoms with Gasteiger partial charge >= 0.3 is 0 Å². The molecule has 5 rings (SSSR count). The Hall–Kier alpha value is -4.46. The number of nitrogens with zero attached hydrogens (tertiary/aromatic N) is 2. The molecule has 0 fully saturated rings. The van der Waals surface area contributed by atoms with Crippen LogP contribution in [0.15, 0.2) is 85.2 Å². The van der Waals surface area contributed by atoms with Crippen LogP contribution >= 0.6 is 0 Å². The highest BCUT2D eigenvalue weighted by Gasteiger charge is 2.18. The van der Waals surface area contributed by atoms with Crippen molar-refractivity contribution in [3.63, 3.8) is 0 Å². The molecule has 0 bridgehead atoms. The minimum absolute atomic E-state index is 0.128. The molecular formula is C28H24F2N4O2. The van der Waals surface area contributed by atoms with E-state index in [0.29, 0.717) is 19.5 Å². The van der Waals surface area contributed by atoms with Gasteiger partial charge in [0.1, 0.15) is 23.8 Å². The zero-order valence-corrected chi connectivity index (χ0v) is 19.4. The zero-order chi connectivity index (χ0) is 24.9. The van der Waals surface area contributed by atoms with Gasteiger partial charge in [-0.1, -0.05) is 42.5 Å². The number of aromatic amines is 1. The van der Waals surface area contributed by atoms with Crippen molar-refractivity contribution in [1.82, 2.24) is 20.1 Å². The van der Waals surface area contributed by atoms with E-state index in [2.05, 4.69) is 15.4 Å². The number of amides is 1. The van der Waals surface area contributed by atoms with Crippen molar-refractivity contribution in [2.75, 3.05) is 6.54 Å². The molecular weight excluding hydrogens is 462 g/mol. The van der Waals surface area contributed by atoms with Crippen molar-refractivity contribution in [3.8, 4) is 5.88 Å². The summed E-state index contributed by atoms with van der Waals surface area (Å²) in [4.78, 5) is 16.3. The van der Waals surface area contributed by atoms with Crippen molar-refractivity contribution < 1.29 is 18.3 Å². The van der Waals surface area contributed by atoms with Crippen LogP contribution in [0.2, 0.25) is 0 Å². The minimum Gasteiger partial charge on any atom is -0.471 e. The number of aromatic nitrogens is 3. The lowest BCUT2D eigenvalue weighted by molar-refractivity contribution is 0.0949. The Morgan fingerprint density at radius 2 is 1.64 bits per heavy atom. The molecule has 0 aliphatic heterocycles. The molecule has 0 saturated heterocycles. The lowest BCUT2D eigenvalue weighted by Gasteiger charge is -2.07. The summed E-state index contributed by atoms with van der Waals surface area (Å²) in [6.45, 7) is 0.903. The van der Waals surface area contributed by atoms with Crippen molar-refractivity contribution in [2.45, 2.75) is 19.6 Å². The third-order valence-electron chi connectivity index (χ3n) is 5.87. The fourth-order valence-electron chi connectivity index (χ4n) is 4.00. The number of fused-ring (bicyclic) bond motifs is 1. The number of H-pyrrole nitrogens is 1. The molecule has 5 aromatic rings. The maximum atomic E-state index is 13.3. The van der Waals surface area contributed by atoms with Gasteiger partial charge in [0, 0.05) is 29.8 Å². The fourth-order valence-corrected chi connectivity index (χ4v) is 4.00. The number of hydrogen-bond donors (Lipinski definition) is 2. The normalized spacial score (nSPS) is 11.1. The molecule has 3 aromatic carbocycles. The summed E-state index contributed by atoms with van der Waals surface area (Å²) in [6.07, 6.45) is 4.23. The number of ether oxygens (including phenoxy) is 1. The Balaban J connectivity index is 1.30. The summed E-state index contributed by atoms with van der Waals surface area (Å²) >= 11 is 0. The number of para-hydroxylation sites is 1. The number of carbonyl (C=O) groups is 1. The molecule has 0 saturated carbocycles. The molecule has 0 aliphatic carbocycles. The first-order valence-electron chi connectivity index (χ1n) is 11.6. The molecule has 6 nitrogen and oxygen atoms in total. The van der Waals surface area contributed by atoms with Gasteiger partial charge in [0.15, 0.2) is 0 Å². The number of nitrogens with one attached hydrogen (secondary N) is 2. The van der Waals surface area contributed by atoms with E-state index in [1.54, 1.807) is 35.1 Å². The van der Waals surface area contributed by atoms with Crippen LogP contribution < -0.4 is 10.1 Å². The first kappa shape index (κ1) is 23.3. The monoisotopic (exact) mass is 486 g/mol. The number of carbonyl (C=O) groups excluding carboxylic acids is 1. The molecule has 0 spiro atoms. The van der Waals surface area contributed by atoms with Crippen LogP contribution in [0, 0.1) is 11.6 Å². The third kappa shape index (κ3) is 5.43. The number of rotatable bonds is 9. The van der Waals surface area contributed by atoms with Gasteiger partial charge in [0.25, 0.3) is 5.91 Å². The Kier molecular flexibility index (Phi) is 6.75. The number of hydrogen-bond acceptors (Lipinski definition) is 3. The van der Waals surface area contributed by atoms with Crippen molar-refractivity contribution in [3.05, 3.63) is 119 Å². The highest BCUT2D eigenvalue weighted by molar-refractivity contribution is 5.96. The Labute approximate surface area is 206 Å². The first-order valence-corrected chi connectivity index (χ1v) is 11.6. The summed E-state index contributed by atoms with van der Waals surface area (Å²) < 4.78 is 33.9. The fraction of sp³-hybridized carbons (Fsp3) is 0.143. The summed E-state index contributed by atoms with van der Waals surface area (Å²) in [5.41, 5.74) is 4.03. The highest BCUT2D eigenvalue weighted by Crippen LogP contribution is 2.20. The first-order chi connectivity index (χ1) is 17.5. The maximum Gasteiger partial charge on any atom is 0.258 e. The van der Waals surface area contributed by atoms with Gasteiger partial charge < -0.3 is 15.0 Å². The molecule has 2 N–H and O–H groups in total. The maximum absolute atomic E-state index is 13.3. The van der Waals surface area contributed by atoms with E-state index in [1.807, 2.05) is 30.5 Å². The Morgan fingerprint density at radius 1 is 0.944 bits per heavy atom. The molecule has 0 radical (unpaired) electrons. The average molecular weight is 487 g/mol.